The van der Waals surface area contributed by atoms with E-state index in [1.54, 1.807) is 22.2 Å². The van der Waals surface area contributed by atoms with Gasteiger partial charge in [-0.1, -0.05) is 44.2 Å². The molecule has 0 saturated heterocycles. The third kappa shape index (κ3) is 3.65. The first kappa shape index (κ1) is 17.9. The van der Waals surface area contributed by atoms with Gasteiger partial charge in [-0.05, 0) is 37.7 Å². The summed E-state index contributed by atoms with van der Waals surface area (Å²) in [6, 6.07) is 12.6. The lowest BCUT2D eigenvalue weighted by molar-refractivity contribution is 0.303. The van der Waals surface area contributed by atoms with Gasteiger partial charge in [-0.25, -0.2) is 9.97 Å². The minimum absolute atomic E-state index is 0.760. The molecule has 0 aliphatic heterocycles. The summed E-state index contributed by atoms with van der Waals surface area (Å²) in [5, 5.41) is 8.87. The summed E-state index contributed by atoms with van der Waals surface area (Å²) in [6.07, 6.45) is 2.66. The second kappa shape index (κ2) is 8.02. The first-order chi connectivity index (χ1) is 13.3. The van der Waals surface area contributed by atoms with Crippen molar-refractivity contribution in [3.8, 4) is 10.4 Å². The summed E-state index contributed by atoms with van der Waals surface area (Å²) in [5.41, 5.74) is 2.05. The van der Waals surface area contributed by atoms with E-state index in [1.165, 1.54) is 10.4 Å². The Morgan fingerprint density at radius 1 is 1.15 bits per heavy atom. The summed E-state index contributed by atoms with van der Waals surface area (Å²) in [7, 11) is 0. The Morgan fingerprint density at radius 2 is 1.96 bits per heavy atom. The Labute approximate surface area is 162 Å². The van der Waals surface area contributed by atoms with Gasteiger partial charge in [0.1, 0.15) is 11.2 Å². The van der Waals surface area contributed by atoms with E-state index >= 15 is 0 Å². The lowest BCUT2D eigenvalue weighted by Crippen LogP contribution is -2.25. The fourth-order valence-electron chi connectivity index (χ4n) is 3.25. The highest BCUT2D eigenvalue weighted by molar-refractivity contribution is 7.22. The van der Waals surface area contributed by atoms with E-state index in [2.05, 4.69) is 64.5 Å². The van der Waals surface area contributed by atoms with Crippen molar-refractivity contribution in [1.29, 1.82) is 0 Å². The van der Waals surface area contributed by atoms with Crippen molar-refractivity contribution in [2.45, 2.75) is 20.3 Å². The van der Waals surface area contributed by atoms with E-state index in [-0.39, 0.29) is 0 Å². The molecule has 0 bridgehead atoms. The minimum atomic E-state index is 0.760. The number of fused-ring (bicyclic) bond motifs is 3. The van der Waals surface area contributed by atoms with E-state index < -0.39 is 0 Å². The molecular weight excluding hydrogens is 356 g/mol. The van der Waals surface area contributed by atoms with Gasteiger partial charge in [-0.15, -0.1) is 11.3 Å². The molecule has 1 N–H and O–H groups in total. The van der Waals surface area contributed by atoms with Crippen molar-refractivity contribution in [1.82, 2.24) is 24.5 Å². The van der Waals surface area contributed by atoms with Gasteiger partial charge >= 0.3 is 0 Å². The number of nitrogens with one attached hydrogen (secondary N) is 1. The maximum absolute atomic E-state index is 4.83. The first-order valence-electron chi connectivity index (χ1n) is 9.45. The number of thiophene rings is 1. The predicted molar refractivity (Wildman–Crippen MR) is 112 cm³/mol. The fraction of sp³-hybridized carbons (Fsp3) is 0.350. The van der Waals surface area contributed by atoms with Gasteiger partial charge in [0, 0.05) is 11.4 Å². The lowest BCUT2D eigenvalue weighted by atomic mass is 10.2. The fourth-order valence-corrected chi connectivity index (χ4v) is 4.28. The Kier molecular flexibility index (Phi) is 5.31. The molecule has 1 aromatic carbocycles. The Balaban J connectivity index is 1.60. The molecule has 0 unspecified atom stereocenters. The number of aromatic nitrogens is 4. The zero-order valence-corrected chi connectivity index (χ0v) is 16.5. The van der Waals surface area contributed by atoms with Gasteiger partial charge in [-0.3, -0.25) is 0 Å². The summed E-state index contributed by atoms with van der Waals surface area (Å²) in [4.78, 5) is 13.9. The number of hydrogen-bond acceptors (Lipinski definition) is 6. The van der Waals surface area contributed by atoms with E-state index in [0.717, 1.165) is 54.4 Å². The molecule has 3 heterocycles. The second-order valence-electron chi connectivity index (χ2n) is 6.43. The zero-order valence-electron chi connectivity index (χ0n) is 15.7. The average Bonchev–Trinajstić information content (AvgIpc) is 3.35. The summed E-state index contributed by atoms with van der Waals surface area (Å²) >= 11 is 1.69. The summed E-state index contributed by atoms with van der Waals surface area (Å²) in [6.45, 7) is 8.52. The average molecular weight is 381 g/mol. The highest BCUT2D eigenvalue weighted by atomic mass is 32.1. The first-order valence-corrected chi connectivity index (χ1v) is 10.3. The molecule has 0 amide bonds. The normalized spacial score (nSPS) is 11.7. The molecule has 4 aromatic rings. The van der Waals surface area contributed by atoms with Crippen LogP contribution in [0.1, 0.15) is 20.3 Å². The molecule has 27 heavy (non-hydrogen) atoms. The number of hydrogen-bond donors (Lipinski definition) is 1. The largest absolute Gasteiger partial charge is 0.354 e. The molecule has 4 rings (SSSR count). The molecule has 7 heteroatoms. The van der Waals surface area contributed by atoms with Crippen molar-refractivity contribution >= 4 is 33.1 Å². The Bertz CT molecular complexity index is 1020. The van der Waals surface area contributed by atoms with Gasteiger partial charge < -0.3 is 10.2 Å². The van der Waals surface area contributed by atoms with Crippen LogP contribution in [0.4, 0.5) is 5.95 Å². The zero-order chi connectivity index (χ0) is 18.6. The van der Waals surface area contributed by atoms with E-state index in [1.807, 2.05) is 6.07 Å². The summed E-state index contributed by atoms with van der Waals surface area (Å²) in [5.74, 6) is 0.760. The van der Waals surface area contributed by atoms with Crippen LogP contribution >= 0.6 is 11.3 Å². The SMILES string of the molecule is CCN(CC)CCCNc1nc2sc(-c3ccccc3)cc2c2ncnn12. The molecule has 0 spiro atoms. The van der Waals surface area contributed by atoms with Crippen molar-refractivity contribution in [3.63, 3.8) is 0 Å². The minimum Gasteiger partial charge on any atom is -0.354 e. The summed E-state index contributed by atoms with van der Waals surface area (Å²) < 4.78 is 1.81. The van der Waals surface area contributed by atoms with E-state index in [4.69, 9.17) is 4.98 Å². The third-order valence-corrected chi connectivity index (χ3v) is 5.87. The molecule has 0 radical (unpaired) electrons. The smallest absolute Gasteiger partial charge is 0.227 e. The maximum Gasteiger partial charge on any atom is 0.227 e. The van der Waals surface area contributed by atoms with Crippen LogP contribution in [0.5, 0.6) is 0 Å². The monoisotopic (exact) mass is 380 g/mol. The van der Waals surface area contributed by atoms with Gasteiger partial charge in [0.15, 0.2) is 5.65 Å². The Hall–Kier alpha value is -2.51. The van der Waals surface area contributed by atoms with Crippen molar-refractivity contribution in [3.05, 3.63) is 42.7 Å². The van der Waals surface area contributed by atoms with E-state index in [9.17, 15) is 0 Å². The van der Waals surface area contributed by atoms with Crippen LogP contribution in [0.25, 0.3) is 26.3 Å². The van der Waals surface area contributed by atoms with Crippen LogP contribution in [0, 0.1) is 0 Å². The van der Waals surface area contributed by atoms with Crippen LogP contribution in [-0.2, 0) is 0 Å². The number of nitrogens with zero attached hydrogens (tertiary/aromatic N) is 5. The van der Waals surface area contributed by atoms with Crippen molar-refractivity contribution in [2.24, 2.45) is 0 Å². The van der Waals surface area contributed by atoms with Crippen LogP contribution in [-0.4, -0.2) is 50.7 Å². The molecule has 0 fully saturated rings. The molecule has 6 nitrogen and oxygen atoms in total. The van der Waals surface area contributed by atoms with Gasteiger partial charge in [0.05, 0.1) is 5.39 Å². The molecule has 0 saturated carbocycles. The molecule has 0 atom stereocenters. The molecule has 0 aliphatic carbocycles. The number of rotatable bonds is 8. The van der Waals surface area contributed by atoms with Gasteiger partial charge in [-0.2, -0.15) is 9.61 Å². The maximum atomic E-state index is 4.83. The second-order valence-corrected chi connectivity index (χ2v) is 7.46. The lowest BCUT2D eigenvalue weighted by Gasteiger charge is -2.17. The third-order valence-electron chi connectivity index (χ3n) is 4.80. The molecule has 0 aliphatic rings. The van der Waals surface area contributed by atoms with Crippen LogP contribution in [0.3, 0.4) is 0 Å². The molecular formula is C20H24N6S. The predicted octanol–water partition coefficient (Wildman–Crippen LogP) is 4.15. The van der Waals surface area contributed by atoms with Gasteiger partial charge in [0.2, 0.25) is 5.95 Å². The standard InChI is InChI=1S/C20H24N6S/c1-3-25(4-2)12-8-11-21-20-24-19-16(18-22-14-23-26(18)20)13-17(27-19)15-9-6-5-7-10-15/h5-7,9-10,13-14H,3-4,8,11-12H2,1-2H3,(H,21,24). The van der Waals surface area contributed by atoms with Crippen LogP contribution in [0.15, 0.2) is 42.7 Å². The quantitative estimate of drug-likeness (QED) is 0.465. The topological polar surface area (TPSA) is 58.3 Å². The number of anilines is 1. The van der Waals surface area contributed by atoms with Crippen LogP contribution in [0.2, 0.25) is 0 Å². The highest BCUT2D eigenvalue weighted by Crippen LogP contribution is 2.34. The van der Waals surface area contributed by atoms with Gasteiger partial charge in [0.25, 0.3) is 0 Å². The number of benzene rings is 1. The molecule has 3 aromatic heterocycles. The Morgan fingerprint density at radius 3 is 2.74 bits per heavy atom. The molecule has 140 valence electrons. The van der Waals surface area contributed by atoms with E-state index in [0.29, 0.717) is 0 Å². The highest BCUT2D eigenvalue weighted by Gasteiger charge is 2.14. The van der Waals surface area contributed by atoms with Crippen LogP contribution < -0.4 is 5.32 Å². The van der Waals surface area contributed by atoms with Crippen molar-refractivity contribution < 1.29 is 0 Å². The van der Waals surface area contributed by atoms with Crippen molar-refractivity contribution in [2.75, 3.05) is 31.5 Å².